The van der Waals surface area contributed by atoms with Gasteiger partial charge in [-0.3, -0.25) is 4.79 Å². The standard InChI is InChI=1S/C15H11Cl2NOS2/c1-2-9-6-8-7-12(21-15(8)20-9)14(19)18-11-5-3-4-10(16)13(11)17/h3-7H,2H2,1H3,(H,18,19). The van der Waals surface area contributed by atoms with Crippen LogP contribution in [-0.4, -0.2) is 5.91 Å². The number of benzene rings is 1. The summed E-state index contributed by atoms with van der Waals surface area (Å²) in [4.78, 5) is 14.3. The number of fused-ring (bicyclic) bond motifs is 1. The Morgan fingerprint density at radius 1 is 1.24 bits per heavy atom. The van der Waals surface area contributed by atoms with Gasteiger partial charge in [0.05, 0.1) is 24.6 Å². The van der Waals surface area contributed by atoms with Crippen molar-refractivity contribution in [2.24, 2.45) is 0 Å². The molecule has 0 radical (unpaired) electrons. The highest BCUT2D eigenvalue weighted by atomic mass is 35.5. The Kier molecular flexibility index (Phi) is 4.22. The molecule has 3 aromatic rings. The predicted octanol–water partition coefficient (Wildman–Crippen LogP) is 6.08. The van der Waals surface area contributed by atoms with E-state index in [2.05, 4.69) is 18.3 Å². The van der Waals surface area contributed by atoms with Crippen LogP contribution in [0.5, 0.6) is 0 Å². The second-order valence-electron chi connectivity index (χ2n) is 4.48. The Balaban J connectivity index is 1.86. The van der Waals surface area contributed by atoms with E-state index in [4.69, 9.17) is 23.2 Å². The van der Waals surface area contributed by atoms with Crippen LogP contribution in [0.25, 0.3) is 9.40 Å². The monoisotopic (exact) mass is 355 g/mol. The lowest BCUT2D eigenvalue weighted by atomic mass is 10.3. The van der Waals surface area contributed by atoms with Crippen LogP contribution in [0.15, 0.2) is 30.3 Å². The maximum atomic E-state index is 12.3. The minimum atomic E-state index is -0.161. The Bertz CT molecular complexity index is 791. The van der Waals surface area contributed by atoms with Crippen molar-refractivity contribution in [1.29, 1.82) is 0 Å². The van der Waals surface area contributed by atoms with E-state index in [1.54, 1.807) is 29.5 Å². The molecule has 2 heterocycles. The van der Waals surface area contributed by atoms with Crippen LogP contribution >= 0.6 is 45.9 Å². The summed E-state index contributed by atoms with van der Waals surface area (Å²) in [6.07, 6.45) is 1.02. The van der Waals surface area contributed by atoms with Crippen molar-refractivity contribution < 1.29 is 4.79 Å². The van der Waals surface area contributed by atoms with Crippen molar-refractivity contribution in [3.05, 3.63) is 50.1 Å². The maximum absolute atomic E-state index is 12.3. The molecule has 0 spiro atoms. The molecule has 6 heteroatoms. The van der Waals surface area contributed by atoms with Gasteiger partial charge >= 0.3 is 0 Å². The largest absolute Gasteiger partial charge is 0.320 e. The molecule has 0 aliphatic rings. The minimum absolute atomic E-state index is 0.161. The normalized spacial score (nSPS) is 11.0. The Morgan fingerprint density at radius 2 is 2.05 bits per heavy atom. The SMILES string of the molecule is CCc1cc2cc(C(=O)Nc3cccc(Cl)c3Cl)sc2s1. The summed E-state index contributed by atoms with van der Waals surface area (Å²) in [5.74, 6) is -0.161. The molecular weight excluding hydrogens is 345 g/mol. The smallest absolute Gasteiger partial charge is 0.265 e. The number of hydrogen-bond acceptors (Lipinski definition) is 3. The summed E-state index contributed by atoms with van der Waals surface area (Å²) < 4.78 is 1.18. The van der Waals surface area contributed by atoms with E-state index in [1.807, 2.05) is 6.07 Å². The Morgan fingerprint density at radius 3 is 2.76 bits per heavy atom. The lowest BCUT2D eigenvalue weighted by Crippen LogP contribution is -2.10. The van der Waals surface area contributed by atoms with Crippen molar-refractivity contribution in [1.82, 2.24) is 0 Å². The molecule has 0 atom stereocenters. The summed E-state index contributed by atoms with van der Waals surface area (Å²) in [5.41, 5.74) is 0.528. The second kappa shape index (κ2) is 5.97. The van der Waals surface area contributed by atoms with Gasteiger partial charge in [0.1, 0.15) is 0 Å². The average Bonchev–Trinajstić information content (AvgIpc) is 3.01. The van der Waals surface area contributed by atoms with Crippen LogP contribution in [0.3, 0.4) is 0 Å². The van der Waals surface area contributed by atoms with Crippen molar-refractivity contribution in [3.63, 3.8) is 0 Å². The molecule has 108 valence electrons. The summed E-state index contributed by atoms with van der Waals surface area (Å²) in [6.45, 7) is 2.13. The summed E-state index contributed by atoms with van der Waals surface area (Å²) in [6, 6.07) is 9.23. The molecule has 1 amide bonds. The first-order chi connectivity index (χ1) is 10.1. The zero-order chi connectivity index (χ0) is 15.0. The summed E-state index contributed by atoms with van der Waals surface area (Å²) >= 11 is 15.3. The first kappa shape index (κ1) is 14.9. The number of rotatable bonds is 3. The molecule has 2 nitrogen and oxygen atoms in total. The number of anilines is 1. The van der Waals surface area contributed by atoms with Crippen LogP contribution in [0.4, 0.5) is 5.69 Å². The van der Waals surface area contributed by atoms with Gasteiger partial charge in [-0.15, -0.1) is 22.7 Å². The molecule has 1 aromatic carbocycles. The van der Waals surface area contributed by atoms with Crippen LogP contribution in [0.2, 0.25) is 10.0 Å². The molecule has 0 saturated heterocycles. The van der Waals surface area contributed by atoms with E-state index in [9.17, 15) is 4.79 Å². The third kappa shape index (κ3) is 2.94. The van der Waals surface area contributed by atoms with Crippen molar-refractivity contribution in [3.8, 4) is 0 Å². The Hall–Kier alpha value is -1.07. The quantitative estimate of drug-likeness (QED) is 0.605. The lowest BCUT2D eigenvalue weighted by molar-refractivity contribution is 0.103. The molecule has 2 aromatic heterocycles. The van der Waals surface area contributed by atoms with E-state index in [-0.39, 0.29) is 5.91 Å². The van der Waals surface area contributed by atoms with Crippen LogP contribution in [-0.2, 0) is 6.42 Å². The zero-order valence-corrected chi connectivity index (χ0v) is 14.2. The molecule has 0 fully saturated rings. The highest BCUT2D eigenvalue weighted by Gasteiger charge is 2.14. The fourth-order valence-corrected chi connectivity index (χ4v) is 4.64. The van der Waals surface area contributed by atoms with E-state index < -0.39 is 0 Å². The summed E-state index contributed by atoms with van der Waals surface area (Å²) in [7, 11) is 0. The number of aryl methyl sites for hydroxylation is 1. The predicted molar refractivity (Wildman–Crippen MR) is 93.5 cm³/mol. The fraction of sp³-hybridized carbons (Fsp3) is 0.133. The van der Waals surface area contributed by atoms with Gasteiger partial charge in [-0.1, -0.05) is 36.2 Å². The first-order valence-corrected chi connectivity index (χ1v) is 8.75. The van der Waals surface area contributed by atoms with Gasteiger partial charge in [0.25, 0.3) is 5.91 Å². The van der Waals surface area contributed by atoms with Crippen molar-refractivity contribution >= 4 is 66.9 Å². The van der Waals surface area contributed by atoms with E-state index >= 15 is 0 Å². The van der Waals surface area contributed by atoms with Gasteiger partial charge < -0.3 is 5.32 Å². The topological polar surface area (TPSA) is 29.1 Å². The van der Waals surface area contributed by atoms with Gasteiger partial charge in [-0.2, -0.15) is 0 Å². The fourth-order valence-electron chi connectivity index (χ4n) is 1.96. The summed E-state index contributed by atoms with van der Waals surface area (Å²) in [5, 5.41) is 4.72. The van der Waals surface area contributed by atoms with E-state index in [0.29, 0.717) is 20.6 Å². The molecular formula is C15H11Cl2NOS2. The molecule has 21 heavy (non-hydrogen) atoms. The highest BCUT2D eigenvalue weighted by molar-refractivity contribution is 7.39. The van der Waals surface area contributed by atoms with Crippen molar-refractivity contribution in [2.45, 2.75) is 13.3 Å². The number of nitrogens with one attached hydrogen (secondary N) is 1. The number of halogens is 2. The van der Waals surface area contributed by atoms with E-state index in [1.165, 1.54) is 20.2 Å². The second-order valence-corrected chi connectivity index (χ2v) is 7.71. The molecule has 1 N–H and O–H groups in total. The first-order valence-electron chi connectivity index (χ1n) is 6.36. The van der Waals surface area contributed by atoms with Gasteiger partial charge in [0.15, 0.2) is 0 Å². The number of carbonyl (C=O) groups is 1. The molecule has 0 saturated carbocycles. The van der Waals surface area contributed by atoms with Gasteiger partial charge in [0, 0.05) is 10.3 Å². The van der Waals surface area contributed by atoms with Gasteiger partial charge in [-0.05, 0) is 30.7 Å². The maximum Gasteiger partial charge on any atom is 0.265 e. The number of carbonyl (C=O) groups excluding carboxylic acids is 1. The third-order valence-corrected chi connectivity index (χ3v) is 6.39. The molecule has 0 bridgehead atoms. The van der Waals surface area contributed by atoms with Crippen LogP contribution in [0.1, 0.15) is 21.5 Å². The van der Waals surface area contributed by atoms with Crippen LogP contribution in [0, 0.1) is 0 Å². The van der Waals surface area contributed by atoms with Gasteiger partial charge in [0.2, 0.25) is 0 Å². The Labute approximate surface area is 140 Å². The third-order valence-electron chi connectivity index (χ3n) is 3.04. The highest BCUT2D eigenvalue weighted by Crippen LogP contribution is 2.35. The van der Waals surface area contributed by atoms with Gasteiger partial charge in [-0.25, -0.2) is 0 Å². The number of amides is 1. The van der Waals surface area contributed by atoms with Crippen molar-refractivity contribution in [2.75, 3.05) is 5.32 Å². The van der Waals surface area contributed by atoms with Crippen LogP contribution < -0.4 is 5.32 Å². The minimum Gasteiger partial charge on any atom is -0.320 e. The zero-order valence-electron chi connectivity index (χ0n) is 11.1. The van der Waals surface area contributed by atoms with E-state index in [0.717, 1.165) is 11.8 Å². The molecule has 0 aliphatic carbocycles. The molecule has 3 rings (SSSR count). The average molecular weight is 356 g/mol. The number of thiophene rings is 2. The number of hydrogen-bond donors (Lipinski definition) is 1. The molecule has 0 unspecified atom stereocenters. The lowest BCUT2D eigenvalue weighted by Gasteiger charge is -2.06. The molecule has 0 aliphatic heterocycles.